The number of ether oxygens (including phenoxy) is 1. The van der Waals surface area contributed by atoms with Gasteiger partial charge < -0.3 is 20.3 Å². The van der Waals surface area contributed by atoms with E-state index in [1.165, 1.54) is 13.3 Å². The van der Waals surface area contributed by atoms with Gasteiger partial charge in [0.05, 0.1) is 24.3 Å². The van der Waals surface area contributed by atoms with Crippen LogP contribution in [0.3, 0.4) is 0 Å². The van der Waals surface area contributed by atoms with E-state index in [0.717, 1.165) is 21.4 Å². The lowest BCUT2D eigenvalue weighted by atomic mass is 9.99. The summed E-state index contributed by atoms with van der Waals surface area (Å²) in [7, 11) is 1.49. The molecular weight excluding hydrogens is 482 g/mol. The molecule has 0 radical (unpaired) electrons. The minimum Gasteiger partial charge on any atom is -0.504 e. The van der Waals surface area contributed by atoms with Crippen LogP contribution in [0.25, 0.3) is 44.3 Å². The zero-order valence-electron chi connectivity index (χ0n) is 20.2. The number of phenols is 1. The first-order valence-electron chi connectivity index (χ1n) is 11.7. The fourth-order valence-corrected chi connectivity index (χ4v) is 4.47. The third-order valence-electron chi connectivity index (χ3n) is 6.26. The number of aromatic hydroxyl groups is 1. The van der Waals surface area contributed by atoms with Crippen molar-refractivity contribution in [3.63, 3.8) is 0 Å². The molecule has 9 nitrogen and oxygen atoms in total. The van der Waals surface area contributed by atoms with Crippen LogP contribution in [0, 0.1) is 0 Å². The summed E-state index contributed by atoms with van der Waals surface area (Å²) in [5.41, 5.74) is 4.57. The molecule has 186 valence electrons. The minimum absolute atomic E-state index is 0.0396. The van der Waals surface area contributed by atoms with E-state index in [-0.39, 0.29) is 5.75 Å². The van der Waals surface area contributed by atoms with Crippen molar-refractivity contribution in [3.8, 4) is 34.0 Å². The number of nitrogens with one attached hydrogen (secondary N) is 1. The van der Waals surface area contributed by atoms with E-state index in [0.29, 0.717) is 44.9 Å². The van der Waals surface area contributed by atoms with Gasteiger partial charge in [0, 0.05) is 28.1 Å². The molecule has 38 heavy (non-hydrogen) atoms. The molecule has 0 spiro atoms. The van der Waals surface area contributed by atoms with Crippen LogP contribution < -0.4 is 10.1 Å². The van der Waals surface area contributed by atoms with Crippen LogP contribution in [0.1, 0.15) is 0 Å². The lowest BCUT2D eigenvalue weighted by molar-refractivity contribution is 0.194. The van der Waals surface area contributed by atoms with Crippen molar-refractivity contribution < 1.29 is 19.7 Å². The SMILES string of the molecule is COc1cc2nc(-c3ccccc3-c3ccccc3)nc(Nc3ccc4c(cnn4C(=O)O)c3)c2cc1O. The second-order valence-electron chi connectivity index (χ2n) is 8.59. The first kappa shape index (κ1) is 23.0. The Morgan fingerprint density at radius 1 is 0.921 bits per heavy atom. The first-order valence-corrected chi connectivity index (χ1v) is 11.7. The molecular formula is C29H21N5O4. The second-order valence-corrected chi connectivity index (χ2v) is 8.59. The number of phenolic OH excluding ortho intramolecular Hbond substituents is 1. The Labute approximate surface area is 216 Å². The number of aromatic nitrogens is 4. The Morgan fingerprint density at radius 2 is 1.68 bits per heavy atom. The molecule has 2 heterocycles. The average molecular weight is 504 g/mol. The minimum atomic E-state index is -1.16. The van der Waals surface area contributed by atoms with E-state index in [2.05, 4.69) is 10.4 Å². The normalized spacial score (nSPS) is 11.1. The van der Waals surface area contributed by atoms with Crippen molar-refractivity contribution in [2.75, 3.05) is 12.4 Å². The molecule has 0 atom stereocenters. The number of fused-ring (bicyclic) bond motifs is 2. The molecule has 6 aromatic rings. The van der Waals surface area contributed by atoms with Gasteiger partial charge in [-0.15, -0.1) is 0 Å². The van der Waals surface area contributed by atoms with Gasteiger partial charge in [-0.05, 0) is 35.4 Å². The van der Waals surface area contributed by atoms with Crippen molar-refractivity contribution in [2.24, 2.45) is 0 Å². The summed E-state index contributed by atoms with van der Waals surface area (Å²) in [5.74, 6) is 1.22. The third-order valence-corrected chi connectivity index (χ3v) is 6.26. The molecule has 0 aliphatic carbocycles. The van der Waals surface area contributed by atoms with Gasteiger partial charge in [0.25, 0.3) is 0 Å². The summed E-state index contributed by atoms with van der Waals surface area (Å²) in [6.07, 6.45) is 0.332. The van der Waals surface area contributed by atoms with Gasteiger partial charge >= 0.3 is 6.09 Å². The van der Waals surface area contributed by atoms with E-state index in [1.807, 2.05) is 54.6 Å². The topological polar surface area (TPSA) is 122 Å². The molecule has 4 aromatic carbocycles. The number of anilines is 2. The maximum Gasteiger partial charge on any atom is 0.432 e. The summed E-state index contributed by atoms with van der Waals surface area (Å²) in [6.45, 7) is 0. The van der Waals surface area contributed by atoms with Crippen molar-refractivity contribution in [1.82, 2.24) is 19.7 Å². The highest BCUT2D eigenvalue weighted by Gasteiger charge is 2.17. The van der Waals surface area contributed by atoms with E-state index < -0.39 is 6.09 Å². The largest absolute Gasteiger partial charge is 0.504 e. The molecule has 0 unspecified atom stereocenters. The summed E-state index contributed by atoms with van der Waals surface area (Å²) < 4.78 is 6.25. The average Bonchev–Trinajstić information content (AvgIpc) is 3.37. The van der Waals surface area contributed by atoms with Crippen LogP contribution in [-0.2, 0) is 0 Å². The molecule has 0 amide bonds. The van der Waals surface area contributed by atoms with Crippen LogP contribution in [0.2, 0.25) is 0 Å². The van der Waals surface area contributed by atoms with E-state index in [4.69, 9.17) is 14.7 Å². The Balaban J connectivity index is 1.53. The Kier molecular flexibility index (Phi) is 5.57. The Bertz CT molecular complexity index is 1830. The summed E-state index contributed by atoms with van der Waals surface area (Å²) in [4.78, 5) is 21.1. The van der Waals surface area contributed by atoms with E-state index in [1.54, 1.807) is 30.3 Å². The van der Waals surface area contributed by atoms with Gasteiger partial charge in [-0.1, -0.05) is 54.6 Å². The lowest BCUT2D eigenvalue weighted by Crippen LogP contribution is -2.08. The van der Waals surface area contributed by atoms with Gasteiger partial charge in [0.15, 0.2) is 17.3 Å². The van der Waals surface area contributed by atoms with Gasteiger partial charge in [-0.2, -0.15) is 9.78 Å². The summed E-state index contributed by atoms with van der Waals surface area (Å²) >= 11 is 0. The zero-order chi connectivity index (χ0) is 26.2. The fourth-order valence-electron chi connectivity index (χ4n) is 4.47. The number of rotatable bonds is 5. The maximum absolute atomic E-state index is 11.4. The van der Waals surface area contributed by atoms with Crippen LogP contribution >= 0.6 is 0 Å². The maximum atomic E-state index is 11.4. The third kappa shape index (κ3) is 4.01. The number of hydrogen-bond acceptors (Lipinski definition) is 7. The standard InChI is InChI=1S/C29H21N5O4/c1-38-26-15-23-22(14-25(26)35)28(31-19-11-12-24-18(13-19)16-30-34(24)29(36)37)33-27(32-23)21-10-6-5-9-20(21)17-7-3-2-4-8-17/h2-16,35H,1H3,(H,36,37)(H,31,32,33). The second kappa shape index (κ2) is 9.21. The predicted molar refractivity (Wildman–Crippen MR) is 145 cm³/mol. The van der Waals surface area contributed by atoms with Crippen molar-refractivity contribution in [1.29, 1.82) is 0 Å². The van der Waals surface area contributed by atoms with Crippen molar-refractivity contribution in [3.05, 3.63) is 91.1 Å². The molecule has 0 aliphatic heterocycles. The van der Waals surface area contributed by atoms with Crippen LogP contribution in [0.15, 0.2) is 91.1 Å². The first-order chi connectivity index (χ1) is 18.5. The van der Waals surface area contributed by atoms with Gasteiger partial charge in [-0.3, -0.25) is 0 Å². The summed E-state index contributed by atoms with van der Waals surface area (Å²) in [5, 5.41) is 28.3. The van der Waals surface area contributed by atoms with E-state index >= 15 is 0 Å². The fraction of sp³-hybridized carbons (Fsp3) is 0.0345. The molecule has 0 fully saturated rings. The smallest absolute Gasteiger partial charge is 0.432 e. The zero-order valence-corrected chi connectivity index (χ0v) is 20.2. The highest BCUT2D eigenvalue weighted by atomic mass is 16.5. The molecule has 3 N–H and O–H groups in total. The molecule has 0 aliphatic rings. The monoisotopic (exact) mass is 503 g/mol. The number of benzene rings is 4. The number of methoxy groups -OCH3 is 1. The van der Waals surface area contributed by atoms with Crippen molar-refractivity contribution in [2.45, 2.75) is 0 Å². The predicted octanol–water partition coefficient (Wildman–Crippen LogP) is 6.30. The van der Waals surface area contributed by atoms with E-state index in [9.17, 15) is 15.0 Å². The molecule has 0 saturated carbocycles. The quantitative estimate of drug-likeness (QED) is 0.251. The van der Waals surface area contributed by atoms with Gasteiger partial charge in [0.1, 0.15) is 5.82 Å². The number of hydrogen-bond donors (Lipinski definition) is 3. The van der Waals surface area contributed by atoms with Crippen LogP contribution in [-0.4, -0.2) is 43.2 Å². The van der Waals surface area contributed by atoms with Gasteiger partial charge in [-0.25, -0.2) is 14.8 Å². The number of carboxylic acid groups (broad SMARTS) is 1. The highest BCUT2D eigenvalue weighted by molar-refractivity contribution is 5.96. The highest BCUT2D eigenvalue weighted by Crippen LogP contribution is 2.37. The summed E-state index contributed by atoms with van der Waals surface area (Å²) in [6, 6.07) is 26.4. The molecule has 0 saturated heterocycles. The molecule has 2 aromatic heterocycles. The van der Waals surface area contributed by atoms with Crippen LogP contribution in [0.5, 0.6) is 11.5 Å². The number of nitrogens with zero attached hydrogens (tertiary/aromatic N) is 4. The number of carbonyl (C=O) groups is 1. The molecule has 6 rings (SSSR count). The van der Waals surface area contributed by atoms with Crippen molar-refractivity contribution >= 4 is 39.4 Å². The Hall–Kier alpha value is -5.44. The Morgan fingerprint density at radius 3 is 2.45 bits per heavy atom. The van der Waals surface area contributed by atoms with Gasteiger partial charge in [0.2, 0.25) is 0 Å². The molecule has 0 bridgehead atoms. The lowest BCUT2D eigenvalue weighted by Gasteiger charge is -2.15. The molecule has 9 heteroatoms. The van der Waals surface area contributed by atoms with Crippen LogP contribution in [0.4, 0.5) is 16.3 Å².